The molecule has 6 nitrogen and oxygen atoms in total. The van der Waals surface area contributed by atoms with Crippen LogP contribution in [0.5, 0.6) is 11.5 Å². The van der Waals surface area contributed by atoms with Crippen molar-refractivity contribution >= 4 is 34.8 Å². The quantitative estimate of drug-likeness (QED) is 0.477. The molecule has 3 aromatic carbocycles. The van der Waals surface area contributed by atoms with Crippen LogP contribution in [0.25, 0.3) is 0 Å². The van der Waals surface area contributed by atoms with Gasteiger partial charge in [0.05, 0.1) is 30.0 Å². The Hall–Kier alpha value is -3.51. The van der Waals surface area contributed by atoms with Crippen LogP contribution in [-0.4, -0.2) is 25.5 Å². The van der Waals surface area contributed by atoms with E-state index in [9.17, 15) is 9.59 Å². The normalized spacial score (nSPS) is 10.3. The highest BCUT2D eigenvalue weighted by Crippen LogP contribution is 2.29. The lowest BCUT2D eigenvalue weighted by molar-refractivity contribution is 0.101. The molecule has 0 saturated carbocycles. The number of hydrogen-bond donors (Lipinski definition) is 2. The van der Waals surface area contributed by atoms with Gasteiger partial charge < -0.3 is 20.1 Å². The first-order chi connectivity index (χ1) is 15.0. The van der Waals surface area contributed by atoms with Crippen LogP contribution in [0.4, 0.5) is 11.4 Å². The van der Waals surface area contributed by atoms with Crippen molar-refractivity contribution in [1.82, 2.24) is 0 Å². The van der Waals surface area contributed by atoms with Gasteiger partial charge in [0.15, 0.2) is 0 Å². The van der Waals surface area contributed by atoms with Gasteiger partial charge in [-0.15, -0.1) is 0 Å². The van der Waals surface area contributed by atoms with E-state index in [1.54, 1.807) is 60.7 Å². The molecule has 31 heavy (non-hydrogen) atoms. The molecule has 0 unspecified atom stereocenters. The molecule has 0 spiro atoms. The van der Waals surface area contributed by atoms with Crippen LogP contribution < -0.4 is 20.1 Å². The van der Waals surface area contributed by atoms with Crippen LogP contribution in [0.3, 0.4) is 0 Å². The number of ether oxygens (including phenoxy) is 2. The van der Waals surface area contributed by atoms with E-state index in [2.05, 4.69) is 10.6 Å². The third kappa shape index (κ3) is 5.77. The second-order valence-corrected chi connectivity index (χ2v) is 7.09. The Morgan fingerprint density at radius 1 is 0.935 bits per heavy atom. The van der Waals surface area contributed by atoms with Crippen molar-refractivity contribution < 1.29 is 19.1 Å². The van der Waals surface area contributed by atoms with Crippen molar-refractivity contribution in [3.05, 3.63) is 82.9 Å². The number of benzene rings is 3. The fourth-order valence-electron chi connectivity index (χ4n) is 2.86. The number of methoxy groups -OCH3 is 1. The standard InChI is InChI=1S/C24H23ClN2O4/c1-3-13-31-18-8-6-7-16(14-18)23(28)26-17-11-12-21(22(15-17)30-2)27-24(29)19-9-4-5-10-20(19)25/h4-12,14-15H,3,13H2,1-2H3,(H,26,28)(H,27,29). The van der Waals surface area contributed by atoms with E-state index in [0.29, 0.717) is 45.6 Å². The monoisotopic (exact) mass is 438 g/mol. The zero-order chi connectivity index (χ0) is 22.2. The first-order valence-electron chi connectivity index (χ1n) is 9.80. The maximum atomic E-state index is 12.6. The number of carbonyl (C=O) groups is 2. The summed E-state index contributed by atoms with van der Waals surface area (Å²) >= 11 is 6.09. The highest BCUT2D eigenvalue weighted by Gasteiger charge is 2.14. The molecule has 2 amide bonds. The summed E-state index contributed by atoms with van der Waals surface area (Å²) in [6.45, 7) is 2.61. The second kappa shape index (κ2) is 10.5. The smallest absolute Gasteiger partial charge is 0.257 e. The van der Waals surface area contributed by atoms with E-state index < -0.39 is 0 Å². The van der Waals surface area contributed by atoms with Crippen molar-refractivity contribution in [2.75, 3.05) is 24.4 Å². The number of anilines is 2. The summed E-state index contributed by atoms with van der Waals surface area (Å²) < 4.78 is 11.0. The molecule has 3 rings (SSSR count). The van der Waals surface area contributed by atoms with E-state index in [1.807, 2.05) is 13.0 Å². The van der Waals surface area contributed by atoms with Crippen LogP contribution in [0, 0.1) is 0 Å². The average molecular weight is 439 g/mol. The van der Waals surface area contributed by atoms with Gasteiger partial charge in [0.25, 0.3) is 11.8 Å². The molecule has 3 aromatic rings. The number of nitrogens with one attached hydrogen (secondary N) is 2. The summed E-state index contributed by atoms with van der Waals surface area (Å²) in [4.78, 5) is 25.2. The second-order valence-electron chi connectivity index (χ2n) is 6.68. The summed E-state index contributed by atoms with van der Waals surface area (Å²) in [6.07, 6.45) is 0.885. The molecule has 160 valence electrons. The Morgan fingerprint density at radius 2 is 1.74 bits per heavy atom. The number of amides is 2. The van der Waals surface area contributed by atoms with Crippen molar-refractivity contribution in [2.45, 2.75) is 13.3 Å². The highest BCUT2D eigenvalue weighted by atomic mass is 35.5. The Bertz CT molecular complexity index is 1080. The summed E-state index contributed by atoms with van der Waals surface area (Å²) in [5.74, 6) is 0.407. The Balaban J connectivity index is 1.73. The molecule has 0 atom stereocenters. The molecule has 0 saturated heterocycles. The number of carbonyl (C=O) groups excluding carboxylic acids is 2. The van der Waals surface area contributed by atoms with Gasteiger partial charge in [0.2, 0.25) is 0 Å². The van der Waals surface area contributed by atoms with Gasteiger partial charge in [-0.3, -0.25) is 9.59 Å². The fraction of sp³-hybridized carbons (Fsp3) is 0.167. The van der Waals surface area contributed by atoms with Crippen molar-refractivity contribution in [3.8, 4) is 11.5 Å². The zero-order valence-corrected chi connectivity index (χ0v) is 18.0. The lowest BCUT2D eigenvalue weighted by Crippen LogP contribution is -2.14. The lowest BCUT2D eigenvalue weighted by Gasteiger charge is -2.13. The van der Waals surface area contributed by atoms with Gasteiger partial charge >= 0.3 is 0 Å². The third-order valence-corrected chi connectivity index (χ3v) is 4.72. The largest absolute Gasteiger partial charge is 0.494 e. The van der Waals surface area contributed by atoms with Crippen LogP contribution in [0.2, 0.25) is 5.02 Å². The molecule has 0 aromatic heterocycles. The predicted molar refractivity (Wildman–Crippen MR) is 123 cm³/mol. The number of rotatable bonds is 8. The summed E-state index contributed by atoms with van der Waals surface area (Å²) in [5.41, 5.74) is 1.82. The van der Waals surface area contributed by atoms with Gasteiger partial charge in [-0.25, -0.2) is 0 Å². The minimum atomic E-state index is -0.357. The lowest BCUT2D eigenvalue weighted by atomic mass is 10.1. The molecular formula is C24H23ClN2O4. The van der Waals surface area contributed by atoms with E-state index in [1.165, 1.54) is 7.11 Å². The topological polar surface area (TPSA) is 76.7 Å². The summed E-state index contributed by atoms with van der Waals surface area (Å²) in [5, 5.41) is 5.96. The van der Waals surface area contributed by atoms with Gasteiger partial charge in [-0.05, 0) is 48.9 Å². The van der Waals surface area contributed by atoms with Crippen LogP contribution >= 0.6 is 11.6 Å². The van der Waals surface area contributed by atoms with Gasteiger partial charge in [-0.2, -0.15) is 0 Å². The summed E-state index contributed by atoms with van der Waals surface area (Å²) in [6, 6.07) is 18.7. The van der Waals surface area contributed by atoms with Crippen molar-refractivity contribution in [3.63, 3.8) is 0 Å². The van der Waals surface area contributed by atoms with Gasteiger partial charge in [0, 0.05) is 17.3 Å². The van der Waals surface area contributed by atoms with Crippen LogP contribution in [-0.2, 0) is 0 Å². The number of halogens is 1. The zero-order valence-electron chi connectivity index (χ0n) is 17.3. The van der Waals surface area contributed by atoms with Crippen molar-refractivity contribution in [2.24, 2.45) is 0 Å². The Labute approximate surface area is 186 Å². The molecule has 7 heteroatoms. The Morgan fingerprint density at radius 3 is 2.48 bits per heavy atom. The van der Waals surface area contributed by atoms with E-state index in [4.69, 9.17) is 21.1 Å². The maximum Gasteiger partial charge on any atom is 0.257 e. The predicted octanol–water partition coefficient (Wildman–Crippen LogP) is 5.64. The minimum Gasteiger partial charge on any atom is -0.494 e. The molecule has 0 aliphatic rings. The molecule has 0 aliphatic heterocycles. The molecule has 0 heterocycles. The van der Waals surface area contributed by atoms with Crippen LogP contribution in [0.1, 0.15) is 34.1 Å². The SMILES string of the molecule is CCCOc1cccc(C(=O)Nc2ccc(NC(=O)c3ccccc3Cl)c(OC)c2)c1. The van der Waals surface area contributed by atoms with Gasteiger partial charge in [0.1, 0.15) is 11.5 Å². The van der Waals surface area contributed by atoms with E-state index >= 15 is 0 Å². The summed E-state index contributed by atoms with van der Waals surface area (Å²) in [7, 11) is 1.49. The molecule has 0 aliphatic carbocycles. The number of hydrogen-bond acceptors (Lipinski definition) is 4. The van der Waals surface area contributed by atoms with Crippen molar-refractivity contribution in [1.29, 1.82) is 0 Å². The average Bonchev–Trinajstić information content (AvgIpc) is 2.79. The van der Waals surface area contributed by atoms with E-state index in [0.717, 1.165) is 6.42 Å². The third-order valence-electron chi connectivity index (χ3n) is 4.40. The molecule has 0 radical (unpaired) electrons. The molecule has 0 fully saturated rings. The minimum absolute atomic E-state index is 0.281. The van der Waals surface area contributed by atoms with Gasteiger partial charge in [-0.1, -0.05) is 36.7 Å². The molecule has 0 bridgehead atoms. The fourth-order valence-corrected chi connectivity index (χ4v) is 3.08. The highest BCUT2D eigenvalue weighted by molar-refractivity contribution is 6.34. The Kier molecular flexibility index (Phi) is 7.51. The first kappa shape index (κ1) is 22.2. The first-order valence-corrected chi connectivity index (χ1v) is 10.2. The van der Waals surface area contributed by atoms with E-state index in [-0.39, 0.29) is 11.8 Å². The van der Waals surface area contributed by atoms with Crippen LogP contribution in [0.15, 0.2) is 66.7 Å². The maximum absolute atomic E-state index is 12.6. The molecular weight excluding hydrogens is 416 g/mol. The molecule has 2 N–H and O–H groups in total.